The number of amidine groups is 1. The molecule has 0 aliphatic rings. The van der Waals surface area contributed by atoms with Crippen LogP contribution in [-0.2, 0) is 0 Å². The van der Waals surface area contributed by atoms with Crippen molar-refractivity contribution in [2.24, 2.45) is 20.7 Å². The van der Waals surface area contributed by atoms with Crippen molar-refractivity contribution in [2.45, 2.75) is 31.7 Å². The van der Waals surface area contributed by atoms with Gasteiger partial charge in [0, 0.05) is 29.5 Å². The van der Waals surface area contributed by atoms with Crippen molar-refractivity contribution < 1.29 is 0 Å². The first kappa shape index (κ1) is 23.6. The van der Waals surface area contributed by atoms with E-state index in [-0.39, 0.29) is 5.54 Å². The lowest BCUT2D eigenvalue weighted by atomic mass is 9.93. The second-order valence-electron chi connectivity index (χ2n) is 7.05. The van der Waals surface area contributed by atoms with Gasteiger partial charge in [0.05, 0.1) is 5.69 Å². The van der Waals surface area contributed by atoms with E-state index in [1.165, 1.54) is 0 Å². The minimum absolute atomic E-state index is 0.260. The molecule has 2 rings (SSSR count). The molecule has 3 N–H and O–H groups in total. The van der Waals surface area contributed by atoms with Crippen LogP contribution >= 0.6 is 12.6 Å². The first-order chi connectivity index (χ1) is 14.5. The number of aliphatic imine (C=N–C) groups is 3. The third-order valence-corrected chi connectivity index (χ3v) is 4.63. The Morgan fingerprint density at radius 3 is 2.83 bits per heavy atom. The largest absolute Gasteiger partial charge is 0.325 e. The normalized spacial score (nSPS) is 15.2. The summed E-state index contributed by atoms with van der Waals surface area (Å²) in [5, 5.41) is 5.58. The Bertz CT molecular complexity index is 956. The second-order valence-corrected chi connectivity index (χ2v) is 7.35. The van der Waals surface area contributed by atoms with Crippen molar-refractivity contribution in [3.8, 4) is 0 Å². The van der Waals surface area contributed by atoms with E-state index in [0.717, 1.165) is 31.2 Å². The number of nitrogens with two attached hydrogens (primary N) is 1. The van der Waals surface area contributed by atoms with Crippen molar-refractivity contribution in [1.29, 1.82) is 0 Å². The molecule has 0 radical (unpaired) electrons. The average Bonchev–Trinajstić information content (AvgIpc) is 2.75. The molecule has 0 bridgehead atoms. The number of hydrogen-bond acceptors (Lipinski definition) is 7. The summed E-state index contributed by atoms with van der Waals surface area (Å²) in [5.74, 6) is 0.446. The molecule has 2 heterocycles. The van der Waals surface area contributed by atoms with E-state index in [4.69, 9.17) is 10.7 Å². The Hall–Kier alpha value is -2.68. The zero-order valence-corrected chi connectivity index (χ0v) is 18.4. The molecule has 158 valence electrons. The SMILES string of the molecule is C=NC(=C/C=C/S)/C(/N=C\CCC(C)(N)CCNC)=N\c1ccnc2ncccc12. The summed E-state index contributed by atoms with van der Waals surface area (Å²) < 4.78 is 0. The van der Waals surface area contributed by atoms with Gasteiger partial charge in [-0.1, -0.05) is 6.08 Å². The van der Waals surface area contributed by atoms with Crippen LogP contribution in [0.5, 0.6) is 0 Å². The van der Waals surface area contributed by atoms with Gasteiger partial charge in [0.2, 0.25) is 0 Å². The Balaban J connectivity index is 2.33. The number of nitrogens with one attached hydrogen (secondary N) is 1. The summed E-state index contributed by atoms with van der Waals surface area (Å²) >= 11 is 4.09. The maximum absolute atomic E-state index is 6.35. The van der Waals surface area contributed by atoms with Gasteiger partial charge < -0.3 is 11.1 Å². The predicted octanol–water partition coefficient (Wildman–Crippen LogP) is 3.87. The van der Waals surface area contributed by atoms with E-state index in [9.17, 15) is 0 Å². The van der Waals surface area contributed by atoms with Crippen LogP contribution in [0.2, 0.25) is 0 Å². The van der Waals surface area contributed by atoms with Gasteiger partial charge in [-0.2, -0.15) is 12.6 Å². The number of pyridine rings is 2. The van der Waals surface area contributed by atoms with Crippen LogP contribution in [0.15, 0.2) is 68.8 Å². The fourth-order valence-corrected chi connectivity index (χ4v) is 2.83. The highest BCUT2D eigenvalue weighted by Gasteiger charge is 2.16. The van der Waals surface area contributed by atoms with E-state index < -0.39 is 0 Å². The molecule has 30 heavy (non-hydrogen) atoms. The molecule has 0 saturated carbocycles. The summed E-state index contributed by atoms with van der Waals surface area (Å²) in [6.07, 6.45) is 11.1. The third-order valence-electron chi connectivity index (χ3n) is 4.46. The average molecular weight is 424 g/mol. The maximum atomic E-state index is 6.35. The van der Waals surface area contributed by atoms with Crippen molar-refractivity contribution in [3.05, 3.63) is 53.8 Å². The molecule has 1 atom stereocenters. The maximum Gasteiger partial charge on any atom is 0.178 e. The van der Waals surface area contributed by atoms with E-state index in [0.29, 0.717) is 22.9 Å². The van der Waals surface area contributed by atoms with Crippen LogP contribution in [0.4, 0.5) is 5.69 Å². The quantitative estimate of drug-likeness (QED) is 0.234. The molecule has 0 aromatic carbocycles. The van der Waals surface area contributed by atoms with Gasteiger partial charge in [-0.25, -0.2) is 20.0 Å². The smallest absolute Gasteiger partial charge is 0.178 e. The molecule has 0 amide bonds. The lowest BCUT2D eigenvalue weighted by Gasteiger charge is -2.23. The zero-order chi connectivity index (χ0) is 21.8. The van der Waals surface area contributed by atoms with Gasteiger partial charge in [-0.3, -0.25) is 4.99 Å². The Morgan fingerprint density at radius 1 is 1.30 bits per heavy atom. The molecule has 7 nitrogen and oxygen atoms in total. The highest BCUT2D eigenvalue weighted by molar-refractivity contribution is 7.83. The highest BCUT2D eigenvalue weighted by Crippen LogP contribution is 2.24. The molecule has 0 aliphatic carbocycles. The Morgan fingerprint density at radius 2 is 2.10 bits per heavy atom. The minimum Gasteiger partial charge on any atom is -0.325 e. The van der Waals surface area contributed by atoms with E-state index in [1.807, 2.05) is 31.5 Å². The van der Waals surface area contributed by atoms with Crippen LogP contribution in [0, 0.1) is 0 Å². The summed E-state index contributed by atoms with van der Waals surface area (Å²) in [4.78, 5) is 22.0. The standard InChI is InChI=1S/C22H29N7S/c1-22(23,11-15-24-2)10-6-13-27-21(19(25-3)8-5-16-30)29-18-9-14-28-20-17(18)7-4-12-26-20/h4-5,7-9,12-14,16,24,30H,3,6,10-11,15,23H2,1-2H3/b16-5+,19-8+,27-13-,29-21+. The molecular formula is C22H29N7S. The topological polar surface area (TPSA) is 101 Å². The Kier molecular flexibility index (Phi) is 9.53. The molecule has 2 aromatic rings. The van der Waals surface area contributed by atoms with Gasteiger partial charge in [0.25, 0.3) is 0 Å². The first-order valence-corrected chi connectivity index (χ1v) is 10.2. The van der Waals surface area contributed by atoms with Crippen molar-refractivity contribution in [3.63, 3.8) is 0 Å². The van der Waals surface area contributed by atoms with Crippen LogP contribution in [-0.4, -0.2) is 47.9 Å². The number of aromatic nitrogens is 2. The van der Waals surface area contributed by atoms with Crippen LogP contribution in [0.25, 0.3) is 11.0 Å². The number of rotatable bonds is 10. The molecule has 0 saturated heterocycles. The van der Waals surface area contributed by atoms with Crippen LogP contribution < -0.4 is 11.1 Å². The first-order valence-electron chi connectivity index (χ1n) is 9.73. The van der Waals surface area contributed by atoms with Gasteiger partial charge in [0.15, 0.2) is 11.5 Å². The van der Waals surface area contributed by atoms with E-state index in [1.54, 1.807) is 30.0 Å². The van der Waals surface area contributed by atoms with E-state index in [2.05, 4.69) is 51.5 Å². The zero-order valence-electron chi connectivity index (χ0n) is 17.5. The molecule has 8 heteroatoms. The molecule has 0 spiro atoms. The fraction of sp³-hybridized carbons (Fsp3) is 0.318. The monoisotopic (exact) mass is 423 g/mol. The molecule has 2 aromatic heterocycles. The molecule has 1 unspecified atom stereocenters. The third kappa shape index (κ3) is 7.29. The number of allylic oxidation sites excluding steroid dienone is 2. The highest BCUT2D eigenvalue weighted by atomic mass is 32.1. The molecule has 0 fully saturated rings. The van der Waals surface area contributed by atoms with Gasteiger partial charge in [-0.15, -0.1) is 0 Å². The molecule has 0 aliphatic heterocycles. The number of nitrogens with zero attached hydrogens (tertiary/aromatic N) is 5. The number of hydrogen-bond donors (Lipinski definition) is 3. The lowest BCUT2D eigenvalue weighted by Crippen LogP contribution is -2.38. The van der Waals surface area contributed by atoms with E-state index >= 15 is 0 Å². The van der Waals surface area contributed by atoms with Crippen molar-refractivity contribution >= 4 is 48.1 Å². The van der Waals surface area contributed by atoms with Crippen molar-refractivity contribution in [1.82, 2.24) is 15.3 Å². The summed E-state index contributed by atoms with van der Waals surface area (Å²) in [6.45, 7) is 6.59. The second kappa shape index (κ2) is 12.1. The number of thiol groups is 1. The Labute approximate surface area is 183 Å². The summed E-state index contributed by atoms with van der Waals surface area (Å²) in [5.41, 5.74) is 7.96. The van der Waals surface area contributed by atoms with Crippen LogP contribution in [0.1, 0.15) is 26.2 Å². The van der Waals surface area contributed by atoms with Gasteiger partial charge in [-0.05, 0) is 76.2 Å². The van der Waals surface area contributed by atoms with Gasteiger partial charge in [0.1, 0.15) is 5.70 Å². The van der Waals surface area contributed by atoms with Gasteiger partial charge >= 0.3 is 0 Å². The fourth-order valence-electron chi connectivity index (χ4n) is 2.74. The van der Waals surface area contributed by atoms with Crippen LogP contribution in [0.3, 0.4) is 0 Å². The predicted molar refractivity (Wildman–Crippen MR) is 131 cm³/mol. The molecular weight excluding hydrogens is 394 g/mol. The summed E-state index contributed by atoms with van der Waals surface area (Å²) in [7, 11) is 1.92. The number of fused-ring (bicyclic) bond motifs is 1. The summed E-state index contributed by atoms with van der Waals surface area (Å²) in [6, 6.07) is 5.60. The lowest BCUT2D eigenvalue weighted by molar-refractivity contribution is 0.404. The van der Waals surface area contributed by atoms with Crippen molar-refractivity contribution in [2.75, 3.05) is 13.6 Å². The minimum atomic E-state index is -0.260.